The van der Waals surface area contributed by atoms with Crippen LogP contribution in [-0.2, 0) is 0 Å². The van der Waals surface area contributed by atoms with Gasteiger partial charge in [-0.25, -0.2) is 0 Å². The molecule has 19 heavy (non-hydrogen) atoms. The molecule has 1 aliphatic carbocycles. The Hall–Kier alpha value is -0.0800. The first-order chi connectivity index (χ1) is 9.08. The van der Waals surface area contributed by atoms with E-state index >= 15 is 0 Å². The summed E-state index contributed by atoms with van der Waals surface area (Å²) in [7, 11) is 0. The summed E-state index contributed by atoms with van der Waals surface area (Å²) in [5.41, 5.74) is 0. The van der Waals surface area contributed by atoms with Crippen LogP contribution >= 0.6 is 0 Å². The molecule has 4 unspecified atom stereocenters. The Balaban J connectivity index is 1.94. The lowest BCUT2D eigenvalue weighted by molar-refractivity contribution is 0.0498. The van der Waals surface area contributed by atoms with Crippen molar-refractivity contribution in [1.82, 2.24) is 10.2 Å². The molecule has 0 aromatic carbocycles. The fourth-order valence-electron chi connectivity index (χ4n) is 4.25. The van der Waals surface area contributed by atoms with Crippen molar-refractivity contribution in [3.63, 3.8) is 0 Å². The van der Waals surface area contributed by atoms with Crippen LogP contribution < -0.4 is 5.32 Å². The fourth-order valence-corrected chi connectivity index (χ4v) is 4.25. The second kappa shape index (κ2) is 7.08. The van der Waals surface area contributed by atoms with Crippen LogP contribution in [0.3, 0.4) is 0 Å². The first-order valence-electron chi connectivity index (χ1n) is 8.54. The molecule has 0 aromatic heterocycles. The molecule has 0 amide bonds. The maximum Gasteiger partial charge on any atom is 0.0124 e. The van der Waals surface area contributed by atoms with Gasteiger partial charge in [0.2, 0.25) is 0 Å². The maximum atomic E-state index is 3.57. The van der Waals surface area contributed by atoms with E-state index in [0.717, 1.165) is 23.8 Å². The number of nitrogens with one attached hydrogen (secondary N) is 1. The van der Waals surface area contributed by atoms with Crippen molar-refractivity contribution in [3.05, 3.63) is 0 Å². The van der Waals surface area contributed by atoms with Crippen LogP contribution in [0.1, 0.15) is 59.8 Å². The minimum Gasteiger partial charge on any atom is -0.316 e. The van der Waals surface area contributed by atoms with E-state index < -0.39 is 0 Å². The van der Waals surface area contributed by atoms with Crippen molar-refractivity contribution >= 4 is 0 Å². The zero-order chi connectivity index (χ0) is 13.8. The maximum absolute atomic E-state index is 3.57. The smallest absolute Gasteiger partial charge is 0.0124 e. The first kappa shape index (κ1) is 15.3. The van der Waals surface area contributed by atoms with Crippen molar-refractivity contribution in [2.75, 3.05) is 19.6 Å². The van der Waals surface area contributed by atoms with Crippen LogP contribution in [-0.4, -0.2) is 36.6 Å². The summed E-state index contributed by atoms with van der Waals surface area (Å²) >= 11 is 0. The number of hydrogen-bond donors (Lipinski definition) is 1. The van der Waals surface area contributed by atoms with Crippen LogP contribution in [0.2, 0.25) is 0 Å². The average molecular weight is 266 g/mol. The third-order valence-electron chi connectivity index (χ3n) is 5.34. The van der Waals surface area contributed by atoms with Crippen molar-refractivity contribution in [2.24, 2.45) is 17.8 Å². The Morgan fingerprint density at radius 1 is 1.16 bits per heavy atom. The highest BCUT2D eigenvalue weighted by molar-refractivity contribution is 4.87. The van der Waals surface area contributed by atoms with E-state index in [-0.39, 0.29) is 0 Å². The van der Waals surface area contributed by atoms with Gasteiger partial charge in [-0.2, -0.15) is 0 Å². The average Bonchev–Trinajstić information content (AvgIpc) is 2.38. The minimum atomic E-state index is 0.697. The zero-order valence-electron chi connectivity index (χ0n) is 13.5. The number of piperidine rings is 1. The second-order valence-electron chi connectivity index (χ2n) is 7.47. The molecule has 2 aliphatic rings. The van der Waals surface area contributed by atoms with E-state index in [1.54, 1.807) is 0 Å². The summed E-state index contributed by atoms with van der Waals surface area (Å²) < 4.78 is 0. The zero-order valence-corrected chi connectivity index (χ0v) is 13.5. The van der Waals surface area contributed by atoms with Gasteiger partial charge >= 0.3 is 0 Å². The summed E-state index contributed by atoms with van der Waals surface area (Å²) in [5, 5.41) is 3.57. The van der Waals surface area contributed by atoms with Gasteiger partial charge in [-0.3, -0.25) is 4.90 Å². The second-order valence-corrected chi connectivity index (χ2v) is 7.47. The van der Waals surface area contributed by atoms with Gasteiger partial charge in [-0.1, -0.05) is 13.8 Å². The molecule has 0 bridgehead atoms. The lowest BCUT2D eigenvalue weighted by Crippen LogP contribution is -2.50. The molecule has 2 fully saturated rings. The van der Waals surface area contributed by atoms with E-state index in [1.165, 1.54) is 51.7 Å². The Kier molecular flexibility index (Phi) is 5.70. The van der Waals surface area contributed by atoms with Gasteiger partial charge < -0.3 is 5.32 Å². The lowest BCUT2D eigenvalue weighted by atomic mass is 9.78. The molecule has 4 atom stereocenters. The molecule has 1 saturated carbocycles. The van der Waals surface area contributed by atoms with Gasteiger partial charge in [0.05, 0.1) is 0 Å². The summed E-state index contributed by atoms with van der Waals surface area (Å²) in [6, 6.07) is 1.53. The molecule has 1 saturated heterocycles. The third-order valence-corrected chi connectivity index (χ3v) is 5.34. The Morgan fingerprint density at radius 2 is 1.95 bits per heavy atom. The molecule has 2 heteroatoms. The van der Waals surface area contributed by atoms with E-state index in [0.29, 0.717) is 6.04 Å². The Morgan fingerprint density at radius 3 is 2.53 bits per heavy atom. The Bertz CT molecular complexity index is 258. The first-order valence-corrected chi connectivity index (χ1v) is 8.54. The lowest BCUT2D eigenvalue weighted by Gasteiger charge is -2.44. The number of hydrogen-bond acceptors (Lipinski definition) is 2. The number of nitrogens with zero attached hydrogens (tertiary/aromatic N) is 1. The van der Waals surface area contributed by atoms with Crippen molar-refractivity contribution in [2.45, 2.75) is 71.9 Å². The molecule has 0 spiro atoms. The van der Waals surface area contributed by atoms with Crippen LogP contribution in [0, 0.1) is 17.8 Å². The molecule has 1 N–H and O–H groups in total. The largest absolute Gasteiger partial charge is 0.316 e. The predicted molar refractivity (Wildman–Crippen MR) is 83.4 cm³/mol. The summed E-state index contributed by atoms with van der Waals surface area (Å²) in [6.45, 7) is 13.5. The molecular formula is C17H34N2. The van der Waals surface area contributed by atoms with Gasteiger partial charge in [-0.15, -0.1) is 0 Å². The summed E-state index contributed by atoms with van der Waals surface area (Å²) in [6.07, 6.45) is 7.07. The highest BCUT2D eigenvalue weighted by atomic mass is 15.2. The fraction of sp³-hybridized carbons (Fsp3) is 1.00. The molecule has 0 aromatic rings. The molecular weight excluding hydrogens is 232 g/mol. The SMILES string of the molecule is CC1CCC(N(CC2CCCNC2)C(C)C)C(C)C1. The monoisotopic (exact) mass is 266 g/mol. The summed E-state index contributed by atoms with van der Waals surface area (Å²) in [5.74, 6) is 2.70. The summed E-state index contributed by atoms with van der Waals surface area (Å²) in [4.78, 5) is 2.83. The molecule has 1 aliphatic heterocycles. The molecule has 2 nitrogen and oxygen atoms in total. The van der Waals surface area contributed by atoms with Crippen molar-refractivity contribution in [1.29, 1.82) is 0 Å². The van der Waals surface area contributed by atoms with E-state index in [1.807, 2.05) is 0 Å². The topological polar surface area (TPSA) is 15.3 Å². The van der Waals surface area contributed by atoms with E-state index in [2.05, 4.69) is 37.9 Å². The number of rotatable bonds is 4. The van der Waals surface area contributed by atoms with Crippen molar-refractivity contribution < 1.29 is 0 Å². The van der Waals surface area contributed by atoms with E-state index in [9.17, 15) is 0 Å². The van der Waals surface area contributed by atoms with Crippen LogP contribution in [0.25, 0.3) is 0 Å². The van der Waals surface area contributed by atoms with Gasteiger partial charge in [0.1, 0.15) is 0 Å². The quantitative estimate of drug-likeness (QED) is 0.837. The highest BCUT2D eigenvalue weighted by Gasteiger charge is 2.32. The standard InChI is InChI=1S/C17H34N2/c1-13(2)19(12-16-6-5-9-18-11-16)17-8-7-14(3)10-15(17)4/h13-18H,5-12H2,1-4H3. The van der Waals surface area contributed by atoms with Crippen LogP contribution in [0.5, 0.6) is 0 Å². The van der Waals surface area contributed by atoms with Crippen LogP contribution in [0.4, 0.5) is 0 Å². The Labute approximate surface area is 120 Å². The molecule has 1 heterocycles. The molecule has 2 rings (SSSR count). The molecule has 112 valence electrons. The molecule has 0 radical (unpaired) electrons. The van der Waals surface area contributed by atoms with Crippen LogP contribution in [0.15, 0.2) is 0 Å². The normalized spacial score (nSPS) is 36.9. The van der Waals surface area contributed by atoms with Crippen molar-refractivity contribution in [3.8, 4) is 0 Å². The predicted octanol–water partition coefficient (Wildman–Crippen LogP) is 3.52. The van der Waals surface area contributed by atoms with Gasteiger partial charge in [-0.05, 0) is 76.8 Å². The van der Waals surface area contributed by atoms with Gasteiger partial charge in [0.15, 0.2) is 0 Å². The van der Waals surface area contributed by atoms with Gasteiger partial charge in [0.25, 0.3) is 0 Å². The third kappa shape index (κ3) is 4.19. The van der Waals surface area contributed by atoms with E-state index in [4.69, 9.17) is 0 Å². The highest BCUT2D eigenvalue weighted by Crippen LogP contribution is 2.33. The minimum absolute atomic E-state index is 0.697. The van der Waals surface area contributed by atoms with Gasteiger partial charge in [0, 0.05) is 18.6 Å².